The Morgan fingerprint density at radius 2 is 2.11 bits per heavy atom. The first-order chi connectivity index (χ1) is 13.0. The van der Waals surface area contributed by atoms with Gasteiger partial charge in [-0.05, 0) is 43.3 Å². The van der Waals surface area contributed by atoms with Gasteiger partial charge in [-0.3, -0.25) is 9.69 Å². The molecular formula is C21H25FN2O2S. The summed E-state index contributed by atoms with van der Waals surface area (Å²) >= 11 is 1.82. The van der Waals surface area contributed by atoms with Gasteiger partial charge in [-0.15, -0.1) is 11.8 Å². The number of amides is 1. The van der Waals surface area contributed by atoms with E-state index in [1.807, 2.05) is 52.9 Å². The second-order valence-corrected chi connectivity index (χ2v) is 8.35. The first kappa shape index (κ1) is 19.7. The first-order valence-electron chi connectivity index (χ1n) is 9.05. The average Bonchev–Trinajstić information content (AvgIpc) is 2.80. The van der Waals surface area contributed by atoms with Crippen LogP contribution in [0.4, 0.5) is 10.1 Å². The molecule has 0 spiro atoms. The van der Waals surface area contributed by atoms with Crippen molar-refractivity contribution in [1.29, 1.82) is 0 Å². The Kier molecular flexibility index (Phi) is 6.39. The number of hydrogen-bond donors (Lipinski definition) is 0. The maximum Gasteiger partial charge on any atom is 0.241 e. The first-order valence-corrected chi connectivity index (χ1v) is 9.93. The molecule has 27 heavy (non-hydrogen) atoms. The number of ether oxygens (including phenoxy) is 1. The van der Waals surface area contributed by atoms with Gasteiger partial charge in [0.15, 0.2) is 11.6 Å². The topological polar surface area (TPSA) is 32.8 Å². The lowest BCUT2D eigenvalue weighted by molar-refractivity contribution is -0.119. The van der Waals surface area contributed by atoms with E-state index < -0.39 is 0 Å². The lowest BCUT2D eigenvalue weighted by atomic mass is 10.2. The third kappa shape index (κ3) is 4.82. The Hall–Kier alpha value is -2.05. The highest BCUT2D eigenvalue weighted by Crippen LogP contribution is 2.37. The van der Waals surface area contributed by atoms with Crippen LogP contribution in [0.2, 0.25) is 0 Å². The SMILES string of the molecule is COc1ccc(CN(C)CC(=O)N2CCC(C)Sc3ccccc32)cc1F. The van der Waals surface area contributed by atoms with Gasteiger partial charge in [-0.2, -0.15) is 0 Å². The van der Waals surface area contributed by atoms with Crippen LogP contribution in [-0.4, -0.2) is 43.3 Å². The Labute approximate surface area is 164 Å². The summed E-state index contributed by atoms with van der Waals surface area (Å²) in [5.41, 5.74) is 1.80. The molecule has 0 radical (unpaired) electrons. The van der Waals surface area contributed by atoms with Gasteiger partial charge >= 0.3 is 0 Å². The molecule has 1 unspecified atom stereocenters. The van der Waals surface area contributed by atoms with Gasteiger partial charge in [-0.25, -0.2) is 4.39 Å². The fraction of sp³-hybridized carbons (Fsp3) is 0.381. The van der Waals surface area contributed by atoms with Crippen LogP contribution < -0.4 is 9.64 Å². The summed E-state index contributed by atoms with van der Waals surface area (Å²) in [4.78, 5) is 17.9. The van der Waals surface area contributed by atoms with Gasteiger partial charge in [0.2, 0.25) is 5.91 Å². The minimum absolute atomic E-state index is 0.0635. The number of fused-ring (bicyclic) bond motifs is 1. The predicted octanol–water partition coefficient (Wildman–Crippen LogP) is 4.18. The van der Waals surface area contributed by atoms with Crippen molar-refractivity contribution in [3.63, 3.8) is 0 Å². The van der Waals surface area contributed by atoms with Crippen molar-refractivity contribution in [1.82, 2.24) is 4.90 Å². The molecule has 0 fully saturated rings. The van der Waals surface area contributed by atoms with Gasteiger partial charge in [0, 0.05) is 23.2 Å². The maximum atomic E-state index is 13.9. The van der Waals surface area contributed by atoms with Crippen molar-refractivity contribution in [2.45, 2.75) is 30.0 Å². The fourth-order valence-corrected chi connectivity index (χ4v) is 4.35. The molecule has 1 amide bonds. The molecule has 0 aliphatic carbocycles. The quantitative estimate of drug-likeness (QED) is 0.769. The molecule has 6 heteroatoms. The Bertz CT molecular complexity index is 815. The second kappa shape index (κ2) is 8.76. The number of thioether (sulfide) groups is 1. The number of carbonyl (C=O) groups excluding carboxylic acids is 1. The number of para-hydroxylation sites is 1. The third-order valence-electron chi connectivity index (χ3n) is 4.62. The van der Waals surface area contributed by atoms with Crippen LogP contribution in [0.1, 0.15) is 18.9 Å². The summed E-state index contributed by atoms with van der Waals surface area (Å²) in [5.74, 6) is -0.0962. The predicted molar refractivity (Wildman–Crippen MR) is 108 cm³/mol. The smallest absolute Gasteiger partial charge is 0.241 e. The Morgan fingerprint density at radius 3 is 2.85 bits per heavy atom. The van der Waals surface area contributed by atoms with Gasteiger partial charge < -0.3 is 9.64 Å². The number of carbonyl (C=O) groups is 1. The summed E-state index contributed by atoms with van der Waals surface area (Å²) in [6, 6.07) is 13.0. The molecule has 3 rings (SSSR count). The maximum absolute atomic E-state index is 13.9. The van der Waals surface area contributed by atoms with Gasteiger partial charge in [0.25, 0.3) is 0 Å². The van der Waals surface area contributed by atoms with Crippen molar-refractivity contribution in [3.8, 4) is 5.75 Å². The molecule has 2 aromatic rings. The van der Waals surface area contributed by atoms with Crippen LogP contribution in [-0.2, 0) is 11.3 Å². The highest BCUT2D eigenvalue weighted by molar-refractivity contribution is 8.00. The zero-order chi connectivity index (χ0) is 19.4. The molecule has 1 heterocycles. The second-order valence-electron chi connectivity index (χ2n) is 6.87. The Morgan fingerprint density at radius 1 is 1.33 bits per heavy atom. The normalized spacial score (nSPS) is 16.8. The monoisotopic (exact) mass is 388 g/mol. The third-order valence-corrected chi connectivity index (χ3v) is 5.86. The lowest BCUT2D eigenvalue weighted by Crippen LogP contribution is -2.39. The van der Waals surface area contributed by atoms with Crippen LogP contribution in [0.25, 0.3) is 0 Å². The molecule has 4 nitrogen and oxygen atoms in total. The van der Waals surface area contributed by atoms with Gasteiger partial charge in [-0.1, -0.05) is 25.1 Å². The van der Waals surface area contributed by atoms with E-state index in [0.29, 0.717) is 11.8 Å². The van der Waals surface area contributed by atoms with Crippen molar-refractivity contribution < 1.29 is 13.9 Å². The van der Waals surface area contributed by atoms with E-state index in [2.05, 4.69) is 13.0 Å². The van der Waals surface area contributed by atoms with Crippen LogP contribution >= 0.6 is 11.8 Å². The zero-order valence-electron chi connectivity index (χ0n) is 15.9. The molecule has 0 saturated heterocycles. The van der Waals surface area contributed by atoms with Crippen molar-refractivity contribution >= 4 is 23.4 Å². The number of hydrogen-bond acceptors (Lipinski definition) is 4. The van der Waals surface area contributed by atoms with E-state index in [9.17, 15) is 9.18 Å². The molecule has 1 aliphatic heterocycles. The van der Waals surface area contributed by atoms with E-state index >= 15 is 0 Å². The van der Waals surface area contributed by atoms with Crippen molar-refractivity contribution in [3.05, 3.63) is 53.8 Å². The highest BCUT2D eigenvalue weighted by atomic mass is 32.2. The largest absolute Gasteiger partial charge is 0.494 e. The number of rotatable bonds is 5. The molecular weight excluding hydrogens is 363 g/mol. The van der Waals surface area contributed by atoms with Gasteiger partial charge in [0.1, 0.15) is 0 Å². The van der Waals surface area contributed by atoms with Crippen LogP contribution in [0.15, 0.2) is 47.4 Å². The van der Waals surface area contributed by atoms with E-state index in [-0.39, 0.29) is 24.0 Å². The molecule has 0 saturated carbocycles. The highest BCUT2D eigenvalue weighted by Gasteiger charge is 2.24. The number of benzene rings is 2. The van der Waals surface area contributed by atoms with E-state index in [1.54, 1.807) is 6.07 Å². The van der Waals surface area contributed by atoms with Crippen molar-refractivity contribution in [2.75, 3.05) is 32.1 Å². The molecule has 144 valence electrons. The number of nitrogens with zero attached hydrogens (tertiary/aromatic N) is 2. The summed E-state index contributed by atoms with van der Waals surface area (Å²) < 4.78 is 18.8. The minimum Gasteiger partial charge on any atom is -0.494 e. The number of halogens is 1. The number of methoxy groups -OCH3 is 1. The molecule has 1 aliphatic rings. The Balaban J connectivity index is 1.68. The average molecular weight is 389 g/mol. The van der Waals surface area contributed by atoms with E-state index in [1.165, 1.54) is 13.2 Å². The minimum atomic E-state index is -0.387. The van der Waals surface area contributed by atoms with E-state index in [4.69, 9.17) is 4.74 Å². The fourth-order valence-electron chi connectivity index (χ4n) is 3.24. The summed E-state index contributed by atoms with van der Waals surface area (Å²) in [6.45, 7) is 3.68. The molecule has 0 N–H and O–H groups in total. The number of anilines is 1. The molecule has 1 atom stereocenters. The standard InChI is InChI=1S/C21H25FN2O2S/c1-15-10-11-24(18-6-4-5-7-20(18)27-15)21(25)14-23(2)13-16-8-9-19(26-3)17(22)12-16/h4-9,12,15H,10-11,13-14H2,1-3H3. The van der Waals surface area contributed by atoms with Gasteiger partial charge in [0.05, 0.1) is 19.3 Å². The summed E-state index contributed by atoms with van der Waals surface area (Å²) in [7, 11) is 3.32. The summed E-state index contributed by atoms with van der Waals surface area (Å²) in [6.07, 6.45) is 0.957. The zero-order valence-corrected chi connectivity index (χ0v) is 16.8. The van der Waals surface area contributed by atoms with E-state index in [0.717, 1.165) is 29.1 Å². The number of likely N-dealkylation sites (N-methyl/N-ethyl adjacent to an activating group) is 1. The molecule has 0 bridgehead atoms. The summed E-state index contributed by atoms with van der Waals surface area (Å²) in [5, 5.41) is 0.476. The molecule has 0 aromatic heterocycles. The van der Waals surface area contributed by atoms with Crippen LogP contribution in [0.3, 0.4) is 0 Å². The molecule has 2 aromatic carbocycles. The van der Waals surface area contributed by atoms with Crippen molar-refractivity contribution in [2.24, 2.45) is 0 Å². The lowest BCUT2D eigenvalue weighted by Gasteiger charge is -2.25. The van der Waals surface area contributed by atoms with Crippen LogP contribution in [0.5, 0.6) is 5.75 Å². The van der Waals surface area contributed by atoms with Crippen LogP contribution in [0, 0.1) is 5.82 Å².